The first-order valence-corrected chi connectivity index (χ1v) is 11.4. The number of halogens is 1. The molecule has 1 saturated heterocycles. The Hall–Kier alpha value is -3.09. The Kier molecular flexibility index (Phi) is 5.84. The van der Waals surface area contributed by atoms with Gasteiger partial charge in [-0.15, -0.1) is 0 Å². The number of piperazine rings is 1. The van der Waals surface area contributed by atoms with E-state index in [4.69, 9.17) is 4.42 Å². The molecular weight excluding hydrogens is 441 g/mol. The zero-order valence-electron chi connectivity index (χ0n) is 17.5. The molecule has 3 heterocycles. The van der Waals surface area contributed by atoms with E-state index >= 15 is 0 Å². The highest BCUT2D eigenvalue weighted by molar-refractivity contribution is 7.89. The first-order valence-electron chi connectivity index (χ1n) is 9.93. The number of aryl methyl sites for hydroxylation is 2. The summed E-state index contributed by atoms with van der Waals surface area (Å²) < 4.78 is 45.7. The third-order valence-electron chi connectivity index (χ3n) is 5.38. The number of anilines is 1. The van der Waals surface area contributed by atoms with Crippen LogP contribution in [0.25, 0.3) is 10.8 Å². The fourth-order valence-corrected chi connectivity index (χ4v) is 5.26. The topological polar surface area (TPSA) is 129 Å². The van der Waals surface area contributed by atoms with Gasteiger partial charge in [-0.2, -0.15) is 9.40 Å². The molecule has 12 heteroatoms. The van der Waals surface area contributed by atoms with E-state index in [0.29, 0.717) is 29.9 Å². The number of nitrogens with zero attached hydrogens (tertiary/aromatic N) is 3. The average Bonchev–Trinajstić information content (AvgIpc) is 3.08. The van der Waals surface area contributed by atoms with Gasteiger partial charge in [0, 0.05) is 26.2 Å². The lowest BCUT2D eigenvalue weighted by Crippen LogP contribution is -2.50. The van der Waals surface area contributed by atoms with E-state index < -0.39 is 27.3 Å². The van der Waals surface area contributed by atoms with Crippen molar-refractivity contribution in [1.82, 2.24) is 19.4 Å². The molecule has 0 aliphatic carbocycles. The third kappa shape index (κ3) is 4.16. The first kappa shape index (κ1) is 22.1. The maximum absolute atomic E-state index is 13.4. The second-order valence-corrected chi connectivity index (χ2v) is 9.50. The molecule has 10 nitrogen and oxygen atoms in total. The Morgan fingerprint density at radius 1 is 1.22 bits per heavy atom. The predicted octanol–water partition coefficient (Wildman–Crippen LogP) is 1.22. The van der Waals surface area contributed by atoms with Crippen LogP contribution in [0.1, 0.15) is 11.5 Å². The summed E-state index contributed by atoms with van der Waals surface area (Å²) in [5.41, 5.74) is 0.117. The minimum atomic E-state index is -3.81. The van der Waals surface area contributed by atoms with Crippen molar-refractivity contribution in [1.29, 1.82) is 0 Å². The summed E-state index contributed by atoms with van der Waals surface area (Å²) in [6, 6.07) is 4.88. The van der Waals surface area contributed by atoms with Crippen molar-refractivity contribution in [2.75, 3.05) is 38.0 Å². The number of amides is 1. The summed E-state index contributed by atoms with van der Waals surface area (Å²) in [6.45, 7) is 4.39. The number of aromatic amines is 1. The van der Waals surface area contributed by atoms with Crippen molar-refractivity contribution in [2.45, 2.75) is 18.7 Å². The monoisotopic (exact) mass is 463 g/mol. The number of nitrogens with one attached hydrogen (secondary N) is 2. The van der Waals surface area contributed by atoms with Gasteiger partial charge < -0.3 is 4.42 Å². The Morgan fingerprint density at radius 3 is 2.62 bits per heavy atom. The smallest absolute Gasteiger partial charge is 0.277 e. The van der Waals surface area contributed by atoms with Crippen LogP contribution in [-0.4, -0.2) is 66.5 Å². The Balaban J connectivity index is 1.40. The molecule has 1 fully saturated rings. The van der Waals surface area contributed by atoms with Gasteiger partial charge in [-0.05, 0) is 32.0 Å². The van der Waals surface area contributed by atoms with Gasteiger partial charge in [0.15, 0.2) is 0 Å². The third-order valence-corrected chi connectivity index (χ3v) is 7.28. The van der Waals surface area contributed by atoms with Crippen molar-refractivity contribution in [2.24, 2.45) is 0 Å². The molecule has 0 unspecified atom stereocenters. The van der Waals surface area contributed by atoms with E-state index in [0.717, 1.165) is 6.07 Å². The second kappa shape index (κ2) is 8.45. The van der Waals surface area contributed by atoms with Crippen LogP contribution in [0.4, 0.5) is 10.3 Å². The molecule has 0 bridgehead atoms. The number of carbonyl (C=O) groups is 1. The molecule has 1 aliphatic heterocycles. The standard InChI is InChI=1S/C20H22FN5O5S/c1-12-17-13(2)31-20(18(17)19(28)24-23-12)22-16(27)11-25-6-8-26(9-7-25)32(29,30)15-5-3-4-14(21)10-15/h3-5,10H,6-9,11H2,1-2H3,(H,22,27)(H,24,28). The molecule has 1 amide bonds. The molecule has 4 rings (SSSR count). The summed E-state index contributed by atoms with van der Waals surface area (Å²) >= 11 is 0. The van der Waals surface area contributed by atoms with Gasteiger partial charge in [-0.3, -0.25) is 19.8 Å². The van der Waals surface area contributed by atoms with Crippen molar-refractivity contribution in [3.05, 3.63) is 51.9 Å². The first-order chi connectivity index (χ1) is 15.2. The molecule has 0 spiro atoms. The molecular formula is C20H22FN5O5S. The van der Waals surface area contributed by atoms with Crippen LogP contribution in [0.5, 0.6) is 0 Å². The van der Waals surface area contributed by atoms with Gasteiger partial charge in [0.1, 0.15) is 17.0 Å². The Morgan fingerprint density at radius 2 is 1.94 bits per heavy atom. The lowest BCUT2D eigenvalue weighted by atomic mass is 10.2. The van der Waals surface area contributed by atoms with E-state index in [9.17, 15) is 22.4 Å². The minimum Gasteiger partial charge on any atom is -0.444 e. The molecule has 2 N–H and O–H groups in total. The normalized spacial score (nSPS) is 15.8. The molecule has 32 heavy (non-hydrogen) atoms. The van der Waals surface area contributed by atoms with Crippen LogP contribution in [0.3, 0.4) is 0 Å². The highest BCUT2D eigenvalue weighted by Crippen LogP contribution is 2.28. The number of furan rings is 1. The Bertz CT molecular complexity index is 1340. The van der Waals surface area contributed by atoms with Crippen LogP contribution in [0, 0.1) is 19.7 Å². The van der Waals surface area contributed by atoms with Gasteiger partial charge in [0.2, 0.25) is 21.8 Å². The number of rotatable bonds is 5. The van der Waals surface area contributed by atoms with Crippen LogP contribution < -0.4 is 10.9 Å². The van der Waals surface area contributed by atoms with Crippen LogP contribution in [0.2, 0.25) is 0 Å². The van der Waals surface area contributed by atoms with Crippen molar-refractivity contribution < 1.29 is 22.0 Å². The maximum Gasteiger partial charge on any atom is 0.277 e. The zero-order valence-corrected chi connectivity index (χ0v) is 18.3. The van der Waals surface area contributed by atoms with Crippen LogP contribution in [0.15, 0.2) is 38.4 Å². The van der Waals surface area contributed by atoms with Gasteiger partial charge in [0.05, 0.1) is 22.5 Å². The molecule has 2 aromatic heterocycles. The average molecular weight is 463 g/mol. The van der Waals surface area contributed by atoms with Crippen molar-refractivity contribution >= 4 is 32.6 Å². The van der Waals surface area contributed by atoms with Gasteiger partial charge in [0.25, 0.3) is 5.56 Å². The zero-order chi connectivity index (χ0) is 23.0. The highest BCUT2D eigenvalue weighted by atomic mass is 32.2. The predicted molar refractivity (Wildman–Crippen MR) is 114 cm³/mol. The SMILES string of the molecule is Cc1n[nH]c(=O)c2c(NC(=O)CN3CCN(S(=O)(=O)c4cccc(F)c4)CC3)oc(C)c12. The molecule has 0 radical (unpaired) electrons. The molecule has 3 aromatic rings. The van der Waals surface area contributed by atoms with Crippen LogP contribution in [-0.2, 0) is 14.8 Å². The maximum atomic E-state index is 13.4. The molecule has 0 saturated carbocycles. The van der Waals surface area contributed by atoms with E-state index in [1.54, 1.807) is 18.7 Å². The number of fused-ring (bicyclic) bond motifs is 1. The van der Waals surface area contributed by atoms with Gasteiger partial charge in [-0.1, -0.05) is 6.07 Å². The number of H-pyrrole nitrogens is 1. The van der Waals surface area contributed by atoms with Gasteiger partial charge >= 0.3 is 0 Å². The minimum absolute atomic E-state index is 0.00291. The number of sulfonamides is 1. The summed E-state index contributed by atoms with van der Waals surface area (Å²) in [5.74, 6) is -0.480. The lowest BCUT2D eigenvalue weighted by molar-refractivity contribution is -0.117. The van der Waals surface area contributed by atoms with Gasteiger partial charge in [-0.25, -0.2) is 17.9 Å². The molecule has 1 aromatic carbocycles. The van der Waals surface area contributed by atoms with Crippen molar-refractivity contribution in [3.8, 4) is 0 Å². The summed E-state index contributed by atoms with van der Waals surface area (Å²) in [7, 11) is -3.81. The van der Waals surface area contributed by atoms with E-state index in [2.05, 4.69) is 15.5 Å². The van der Waals surface area contributed by atoms with E-state index in [1.165, 1.54) is 22.5 Å². The molecule has 170 valence electrons. The van der Waals surface area contributed by atoms with Crippen LogP contribution >= 0.6 is 0 Å². The summed E-state index contributed by atoms with van der Waals surface area (Å²) in [4.78, 5) is 26.4. The highest BCUT2D eigenvalue weighted by Gasteiger charge is 2.29. The fraction of sp³-hybridized carbons (Fsp3) is 0.350. The number of hydrogen-bond acceptors (Lipinski definition) is 7. The van der Waals surface area contributed by atoms with E-state index in [-0.39, 0.29) is 35.8 Å². The Labute approximate surface area is 183 Å². The fourth-order valence-electron chi connectivity index (χ4n) is 3.81. The molecule has 0 atom stereocenters. The second-order valence-electron chi connectivity index (χ2n) is 7.56. The van der Waals surface area contributed by atoms with E-state index in [1.807, 2.05) is 0 Å². The lowest BCUT2D eigenvalue weighted by Gasteiger charge is -2.33. The summed E-state index contributed by atoms with van der Waals surface area (Å²) in [6.07, 6.45) is 0. The number of carbonyl (C=O) groups excluding carboxylic acids is 1. The number of hydrogen-bond donors (Lipinski definition) is 2. The van der Waals surface area contributed by atoms with Crippen molar-refractivity contribution in [3.63, 3.8) is 0 Å². The summed E-state index contributed by atoms with van der Waals surface area (Å²) in [5, 5.41) is 9.70. The largest absolute Gasteiger partial charge is 0.444 e. The quantitative estimate of drug-likeness (QED) is 0.582. The number of aromatic nitrogens is 2. The number of benzene rings is 1. The molecule has 1 aliphatic rings.